The van der Waals surface area contributed by atoms with Crippen LogP contribution in [-0.2, 0) is 11.8 Å². The molecule has 0 unspecified atom stereocenters. The fourth-order valence-corrected chi connectivity index (χ4v) is 2.93. The summed E-state index contributed by atoms with van der Waals surface area (Å²) in [6, 6.07) is 6.72. The molecule has 1 aromatic heterocycles. The van der Waals surface area contributed by atoms with E-state index in [-0.39, 0.29) is 11.9 Å². The van der Waals surface area contributed by atoms with E-state index in [2.05, 4.69) is 20.8 Å². The zero-order valence-electron chi connectivity index (χ0n) is 14.4. The molecule has 0 spiro atoms. The molecule has 1 atom stereocenters. The summed E-state index contributed by atoms with van der Waals surface area (Å²) in [5.74, 6) is 0.281. The molecule has 2 aromatic rings. The first-order valence-electron chi connectivity index (χ1n) is 7.71. The third-order valence-electron chi connectivity index (χ3n) is 3.25. The van der Waals surface area contributed by atoms with E-state index in [1.807, 2.05) is 33.0 Å². The third kappa shape index (κ3) is 5.20. The van der Waals surface area contributed by atoms with Crippen LogP contribution in [0.3, 0.4) is 0 Å². The second-order valence-corrected chi connectivity index (χ2v) is 7.49. The van der Waals surface area contributed by atoms with Gasteiger partial charge in [0.05, 0.1) is 5.25 Å². The lowest BCUT2D eigenvalue weighted by atomic mass is 10.2. The number of rotatable bonds is 5. The van der Waals surface area contributed by atoms with Gasteiger partial charge < -0.3 is 9.88 Å². The summed E-state index contributed by atoms with van der Waals surface area (Å²) < 4.78 is 1.80. The van der Waals surface area contributed by atoms with Crippen molar-refractivity contribution in [2.45, 2.75) is 37.2 Å². The summed E-state index contributed by atoms with van der Waals surface area (Å²) in [6.07, 6.45) is 0. The SMILES string of the molecule is CC(C)NC(=O)NC(=O)[C@H](C)Sc1nnc(-c2ccc(Cl)cc2)n1C. The zero-order chi connectivity index (χ0) is 18.6. The molecule has 0 aliphatic heterocycles. The van der Waals surface area contributed by atoms with Crippen LogP contribution >= 0.6 is 23.4 Å². The Morgan fingerprint density at radius 2 is 1.80 bits per heavy atom. The lowest BCUT2D eigenvalue weighted by Gasteiger charge is -2.13. The first-order valence-corrected chi connectivity index (χ1v) is 8.97. The van der Waals surface area contributed by atoms with E-state index in [4.69, 9.17) is 11.6 Å². The highest BCUT2D eigenvalue weighted by atomic mass is 35.5. The van der Waals surface area contributed by atoms with E-state index >= 15 is 0 Å². The van der Waals surface area contributed by atoms with Crippen LogP contribution in [0.1, 0.15) is 20.8 Å². The Hall–Kier alpha value is -2.06. The summed E-state index contributed by atoms with van der Waals surface area (Å²) in [7, 11) is 1.82. The van der Waals surface area contributed by atoms with Crippen molar-refractivity contribution in [3.05, 3.63) is 29.3 Å². The van der Waals surface area contributed by atoms with Crippen molar-refractivity contribution >= 4 is 35.3 Å². The summed E-state index contributed by atoms with van der Waals surface area (Å²) >= 11 is 7.13. The molecule has 134 valence electrons. The summed E-state index contributed by atoms with van der Waals surface area (Å²) in [5, 5.41) is 13.9. The van der Waals surface area contributed by atoms with Gasteiger partial charge in [0.1, 0.15) is 0 Å². The number of thioether (sulfide) groups is 1. The third-order valence-corrected chi connectivity index (χ3v) is 4.63. The summed E-state index contributed by atoms with van der Waals surface area (Å²) in [4.78, 5) is 23.7. The number of hydrogen-bond donors (Lipinski definition) is 2. The Kier molecular flexibility index (Phi) is 6.44. The van der Waals surface area contributed by atoms with Crippen molar-refractivity contribution in [2.75, 3.05) is 0 Å². The van der Waals surface area contributed by atoms with Gasteiger partial charge in [-0.15, -0.1) is 10.2 Å². The molecule has 0 saturated heterocycles. The largest absolute Gasteiger partial charge is 0.336 e. The van der Waals surface area contributed by atoms with Gasteiger partial charge in [-0.25, -0.2) is 4.79 Å². The van der Waals surface area contributed by atoms with E-state index in [0.717, 1.165) is 5.56 Å². The molecule has 2 N–H and O–H groups in total. The average molecular weight is 382 g/mol. The minimum atomic E-state index is -0.507. The number of aromatic nitrogens is 3. The van der Waals surface area contributed by atoms with Gasteiger partial charge in [0.25, 0.3) is 0 Å². The molecule has 3 amide bonds. The normalized spacial score (nSPS) is 12.1. The predicted octanol–water partition coefficient (Wildman–Crippen LogP) is 2.85. The maximum Gasteiger partial charge on any atom is 0.321 e. The molecule has 2 rings (SSSR count). The predicted molar refractivity (Wildman–Crippen MR) is 98.6 cm³/mol. The highest BCUT2D eigenvalue weighted by Crippen LogP contribution is 2.26. The number of nitrogens with one attached hydrogen (secondary N) is 2. The van der Waals surface area contributed by atoms with Crippen molar-refractivity contribution < 1.29 is 9.59 Å². The van der Waals surface area contributed by atoms with Crippen molar-refractivity contribution in [1.29, 1.82) is 0 Å². The Morgan fingerprint density at radius 1 is 1.16 bits per heavy atom. The van der Waals surface area contributed by atoms with Gasteiger partial charge >= 0.3 is 6.03 Å². The highest BCUT2D eigenvalue weighted by Gasteiger charge is 2.21. The number of amides is 3. The minimum absolute atomic E-state index is 0.0450. The zero-order valence-corrected chi connectivity index (χ0v) is 16.0. The van der Waals surface area contributed by atoms with Crippen LogP contribution in [0.4, 0.5) is 4.79 Å². The fraction of sp³-hybridized carbons (Fsp3) is 0.375. The topological polar surface area (TPSA) is 88.9 Å². The molecule has 0 radical (unpaired) electrons. The van der Waals surface area contributed by atoms with Crippen molar-refractivity contribution in [2.24, 2.45) is 7.05 Å². The number of benzene rings is 1. The van der Waals surface area contributed by atoms with Crippen LogP contribution in [0, 0.1) is 0 Å². The number of carbonyl (C=O) groups is 2. The molecule has 0 aliphatic rings. The summed E-state index contributed by atoms with van der Waals surface area (Å²) in [6.45, 7) is 5.35. The molecule has 25 heavy (non-hydrogen) atoms. The van der Waals surface area contributed by atoms with Crippen LogP contribution < -0.4 is 10.6 Å². The number of imide groups is 1. The first kappa shape index (κ1) is 19.3. The lowest BCUT2D eigenvalue weighted by molar-refractivity contribution is -0.119. The molecule has 0 fully saturated rings. The monoisotopic (exact) mass is 381 g/mol. The van der Waals surface area contributed by atoms with E-state index in [1.165, 1.54) is 11.8 Å². The first-order chi connectivity index (χ1) is 11.8. The standard InChI is InChI=1S/C16H20ClN5O2S/c1-9(2)18-15(24)19-14(23)10(3)25-16-21-20-13(22(16)4)11-5-7-12(17)8-6-11/h5-10H,1-4H3,(H2,18,19,23,24)/t10-/m0/s1. The van der Waals surface area contributed by atoms with Gasteiger partial charge in [-0.05, 0) is 45.0 Å². The number of urea groups is 1. The number of carbonyl (C=O) groups excluding carboxylic acids is 2. The van der Waals surface area contributed by atoms with Crippen LogP contribution in [0.5, 0.6) is 0 Å². The van der Waals surface area contributed by atoms with Crippen molar-refractivity contribution in [3.63, 3.8) is 0 Å². The maximum absolute atomic E-state index is 12.1. The Balaban J connectivity index is 2.04. The molecule has 0 bridgehead atoms. The Labute approximate surface area is 155 Å². The molecule has 1 aromatic carbocycles. The molecule has 1 heterocycles. The lowest BCUT2D eigenvalue weighted by Crippen LogP contribution is -2.45. The van der Waals surface area contributed by atoms with Gasteiger partial charge in [-0.1, -0.05) is 23.4 Å². The smallest absolute Gasteiger partial charge is 0.321 e. The van der Waals surface area contributed by atoms with E-state index in [1.54, 1.807) is 23.6 Å². The molecular formula is C16H20ClN5O2S. The van der Waals surface area contributed by atoms with Crippen LogP contribution in [-0.4, -0.2) is 38.0 Å². The minimum Gasteiger partial charge on any atom is -0.336 e. The summed E-state index contributed by atoms with van der Waals surface area (Å²) in [5.41, 5.74) is 0.875. The molecule has 0 saturated carbocycles. The Bertz CT molecular complexity index is 760. The van der Waals surface area contributed by atoms with Gasteiger partial charge in [-0.3, -0.25) is 10.1 Å². The Morgan fingerprint density at radius 3 is 2.40 bits per heavy atom. The van der Waals surface area contributed by atoms with Gasteiger partial charge in [0.15, 0.2) is 11.0 Å². The van der Waals surface area contributed by atoms with E-state index < -0.39 is 11.3 Å². The maximum atomic E-state index is 12.1. The quantitative estimate of drug-likeness (QED) is 0.777. The van der Waals surface area contributed by atoms with Crippen molar-refractivity contribution in [1.82, 2.24) is 25.4 Å². The number of hydrogen-bond acceptors (Lipinski definition) is 5. The molecule has 0 aliphatic carbocycles. The van der Waals surface area contributed by atoms with Crippen LogP contribution in [0.25, 0.3) is 11.4 Å². The second-order valence-electron chi connectivity index (χ2n) is 5.75. The van der Waals surface area contributed by atoms with Gasteiger partial charge in [0.2, 0.25) is 5.91 Å². The number of halogens is 1. The second kappa shape index (κ2) is 8.35. The number of nitrogens with zero attached hydrogens (tertiary/aromatic N) is 3. The van der Waals surface area contributed by atoms with Crippen LogP contribution in [0.15, 0.2) is 29.4 Å². The van der Waals surface area contributed by atoms with E-state index in [9.17, 15) is 9.59 Å². The van der Waals surface area contributed by atoms with Crippen molar-refractivity contribution in [3.8, 4) is 11.4 Å². The fourth-order valence-electron chi connectivity index (χ4n) is 1.99. The van der Waals surface area contributed by atoms with Crippen LogP contribution in [0.2, 0.25) is 5.02 Å². The van der Waals surface area contributed by atoms with Gasteiger partial charge in [0, 0.05) is 23.7 Å². The molecular weight excluding hydrogens is 362 g/mol. The highest BCUT2D eigenvalue weighted by molar-refractivity contribution is 8.00. The molecule has 9 heteroatoms. The molecule has 7 nitrogen and oxygen atoms in total. The van der Waals surface area contributed by atoms with Gasteiger partial charge in [-0.2, -0.15) is 0 Å². The van der Waals surface area contributed by atoms with E-state index in [0.29, 0.717) is 16.0 Å². The average Bonchev–Trinajstić information content (AvgIpc) is 2.88.